The van der Waals surface area contributed by atoms with Gasteiger partial charge in [0.2, 0.25) is 5.96 Å². The molecule has 1 rings (SSSR count). The van der Waals surface area contributed by atoms with Crippen molar-refractivity contribution in [3.05, 3.63) is 23.8 Å². The van der Waals surface area contributed by atoms with Crippen molar-refractivity contribution in [3.63, 3.8) is 0 Å². The van der Waals surface area contributed by atoms with E-state index in [1.54, 1.807) is 0 Å². The Kier molecular flexibility index (Phi) is 5.56. The predicted molar refractivity (Wildman–Crippen MR) is 63.1 cm³/mol. The van der Waals surface area contributed by atoms with E-state index in [0.717, 1.165) is 18.3 Å². The minimum atomic E-state index is -3.15. The number of nitrogens with two attached hydrogens (primary N) is 2. The standard InChI is InChI=1S/C10H10F4N4O2/c11-8(12)19-6-2-1-5(4-17-18-10(15)16)7(3-6)20-9(13)14/h1-4,8-9H,(H4,15,16,18)/b17-4+. The summed E-state index contributed by atoms with van der Waals surface area (Å²) in [7, 11) is 0. The van der Waals surface area contributed by atoms with Crippen molar-refractivity contribution in [1.82, 2.24) is 0 Å². The third kappa shape index (κ3) is 5.42. The fourth-order valence-electron chi connectivity index (χ4n) is 1.15. The van der Waals surface area contributed by atoms with E-state index in [0.29, 0.717) is 0 Å². The molecule has 0 atom stereocenters. The van der Waals surface area contributed by atoms with Crippen LogP contribution in [-0.4, -0.2) is 25.4 Å². The number of halogens is 4. The van der Waals surface area contributed by atoms with Crippen LogP contribution in [-0.2, 0) is 0 Å². The quantitative estimate of drug-likeness (QED) is 0.360. The van der Waals surface area contributed by atoms with E-state index >= 15 is 0 Å². The number of ether oxygens (including phenoxy) is 2. The summed E-state index contributed by atoms with van der Waals surface area (Å²) >= 11 is 0. The number of alkyl halides is 4. The first-order valence-corrected chi connectivity index (χ1v) is 5.04. The lowest BCUT2D eigenvalue weighted by Gasteiger charge is -2.10. The highest BCUT2D eigenvalue weighted by Gasteiger charge is 2.12. The smallest absolute Gasteiger partial charge is 0.387 e. The maximum absolute atomic E-state index is 12.2. The summed E-state index contributed by atoms with van der Waals surface area (Å²) in [5.74, 6) is -1.09. The van der Waals surface area contributed by atoms with Crippen molar-refractivity contribution in [1.29, 1.82) is 0 Å². The molecule has 0 fully saturated rings. The highest BCUT2D eigenvalue weighted by atomic mass is 19.3. The van der Waals surface area contributed by atoms with Crippen LogP contribution in [0.25, 0.3) is 0 Å². The molecule has 0 bridgehead atoms. The number of benzene rings is 1. The van der Waals surface area contributed by atoms with Crippen LogP contribution in [0.2, 0.25) is 0 Å². The first kappa shape index (κ1) is 15.5. The van der Waals surface area contributed by atoms with Gasteiger partial charge in [0.05, 0.1) is 6.21 Å². The van der Waals surface area contributed by atoms with E-state index in [1.165, 1.54) is 6.07 Å². The molecule has 0 amide bonds. The van der Waals surface area contributed by atoms with Crippen molar-refractivity contribution in [2.45, 2.75) is 13.2 Å². The summed E-state index contributed by atoms with van der Waals surface area (Å²) in [6, 6.07) is 3.18. The van der Waals surface area contributed by atoms with Gasteiger partial charge in [0.15, 0.2) is 0 Å². The molecule has 0 saturated carbocycles. The van der Waals surface area contributed by atoms with Crippen molar-refractivity contribution in [2.24, 2.45) is 21.7 Å². The monoisotopic (exact) mass is 294 g/mol. The topological polar surface area (TPSA) is 95.2 Å². The Morgan fingerprint density at radius 2 is 1.75 bits per heavy atom. The molecule has 1 aromatic carbocycles. The van der Waals surface area contributed by atoms with Gasteiger partial charge in [-0.05, 0) is 12.1 Å². The van der Waals surface area contributed by atoms with Crippen LogP contribution < -0.4 is 20.9 Å². The number of hydrogen-bond acceptors (Lipinski definition) is 4. The molecule has 0 aliphatic rings. The maximum Gasteiger partial charge on any atom is 0.387 e. The Balaban J connectivity index is 3.03. The van der Waals surface area contributed by atoms with Gasteiger partial charge in [-0.15, -0.1) is 5.10 Å². The van der Waals surface area contributed by atoms with Crippen molar-refractivity contribution < 1.29 is 27.0 Å². The molecule has 6 nitrogen and oxygen atoms in total. The zero-order valence-corrected chi connectivity index (χ0v) is 9.84. The fourth-order valence-corrected chi connectivity index (χ4v) is 1.15. The second-order valence-corrected chi connectivity index (χ2v) is 3.23. The van der Waals surface area contributed by atoms with E-state index in [1.807, 2.05) is 0 Å². The first-order chi connectivity index (χ1) is 9.38. The number of guanidine groups is 1. The first-order valence-electron chi connectivity index (χ1n) is 5.04. The summed E-state index contributed by atoms with van der Waals surface area (Å²) in [4.78, 5) is 0. The Morgan fingerprint density at radius 1 is 1.10 bits per heavy atom. The summed E-state index contributed by atoms with van der Waals surface area (Å²) in [5.41, 5.74) is 10.1. The van der Waals surface area contributed by atoms with E-state index in [4.69, 9.17) is 11.5 Å². The molecule has 0 unspecified atom stereocenters. The average Bonchev–Trinajstić information content (AvgIpc) is 2.29. The van der Waals surface area contributed by atoms with Gasteiger partial charge < -0.3 is 20.9 Å². The minimum Gasteiger partial charge on any atom is -0.435 e. The van der Waals surface area contributed by atoms with Gasteiger partial charge in [-0.1, -0.05) is 0 Å². The highest BCUT2D eigenvalue weighted by molar-refractivity contribution is 5.85. The van der Waals surface area contributed by atoms with Crippen LogP contribution in [0.5, 0.6) is 11.5 Å². The average molecular weight is 294 g/mol. The molecule has 1 aromatic rings. The summed E-state index contributed by atoms with van der Waals surface area (Å²) in [6.45, 7) is -6.23. The normalized spacial score (nSPS) is 11.1. The van der Waals surface area contributed by atoms with Crippen LogP contribution in [0, 0.1) is 0 Å². The Labute approximate surface area is 110 Å². The highest BCUT2D eigenvalue weighted by Crippen LogP contribution is 2.26. The van der Waals surface area contributed by atoms with Crippen LogP contribution in [0.15, 0.2) is 28.4 Å². The lowest BCUT2D eigenvalue weighted by Crippen LogP contribution is -2.21. The third-order valence-corrected chi connectivity index (χ3v) is 1.80. The Morgan fingerprint density at radius 3 is 2.30 bits per heavy atom. The Bertz CT molecular complexity index is 504. The molecule has 0 saturated heterocycles. The van der Waals surface area contributed by atoms with Crippen LogP contribution in [0.1, 0.15) is 5.56 Å². The zero-order valence-electron chi connectivity index (χ0n) is 9.84. The third-order valence-electron chi connectivity index (χ3n) is 1.80. The Hall–Kier alpha value is -2.52. The molecule has 0 aromatic heterocycles. The number of rotatable bonds is 6. The minimum absolute atomic E-state index is 0.0527. The largest absolute Gasteiger partial charge is 0.435 e. The summed E-state index contributed by atoms with van der Waals surface area (Å²) in [5, 5.41) is 6.66. The number of nitrogens with zero attached hydrogens (tertiary/aromatic N) is 2. The lowest BCUT2D eigenvalue weighted by molar-refractivity contribution is -0.0543. The molecule has 4 N–H and O–H groups in total. The zero-order chi connectivity index (χ0) is 15.1. The molecule has 0 spiro atoms. The summed E-state index contributed by atoms with van der Waals surface area (Å²) in [6.07, 6.45) is 1.02. The predicted octanol–water partition coefficient (Wildman–Crippen LogP) is 1.50. The molecule has 0 radical (unpaired) electrons. The van der Waals surface area contributed by atoms with Gasteiger partial charge in [-0.3, -0.25) is 0 Å². The molecule has 10 heteroatoms. The molecular formula is C10H10F4N4O2. The van der Waals surface area contributed by atoms with E-state index in [2.05, 4.69) is 19.7 Å². The molecule has 0 aliphatic heterocycles. The fraction of sp³-hybridized carbons (Fsp3) is 0.200. The number of hydrogen-bond donors (Lipinski definition) is 2. The molecule has 110 valence electrons. The van der Waals surface area contributed by atoms with Gasteiger partial charge in [0.1, 0.15) is 11.5 Å². The van der Waals surface area contributed by atoms with E-state index in [9.17, 15) is 17.6 Å². The van der Waals surface area contributed by atoms with Crippen molar-refractivity contribution in [2.75, 3.05) is 0 Å². The van der Waals surface area contributed by atoms with Gasteiger partial charge in [0.25, 0.3) is 0 Å². The van der Waals surface area contributed by atoms with Crippen molar-refractivity contribution >= 4 is 12.2 Å². The molecule has 20 heavy (non-hydrogen) atoms. The second kappa shape index (κ2) is 7.16. The van der Waals surface area contributed by atoms with Gasteiger partial charge in [-0.2, -0.15) is 22.7 Å². The van der Waals surface area contributed by atoms with Gasteiger partial charge >= 0.3 is 13.2 Å². The maximum atomic E-state index is 12.2. The van der Waals surface area contributed by atoms with Gasteiger partial charge in [0, 0.05) is 11.6 Å². The second-order valence-electron chi connectivity index (χ2n) is 3.23. The summed E-state index contributed by atoms with van der Waals surface area (Å²) < 4.78 is 56.7. The van der Waals surface area contributed by atoms with Crippen LogP contribution in [0.3, 0.4) is 0 Å². The van der Waals surface area contributed by atoms with Crippen LogP contribution in [0.4, 0.5) is 17.6 Å². The van der Waals surface area contributed by atoms with Gasteiger partial charge in [-0.25, -0.2) is 0 Å². The van der Waals surface area contributed by atoms with E-state index in [-0.39, 0.29) is 17.3 Å². The van der Waals surface area contributed by atoms with Crippen LogP contribution >= 0.6 is 0 Å². The van der Waals surface area contributed by atoms with E-state index < -0.39 is 19.0 Å². The molecule has 0 aliphatic carbocycles. The molecule has 0 heterocycles. The van der Waals surface area contributed by atoms with Crippen molar-refractivity contribution in [3.8, 4) is 11.5 Å². The molecular weight excluding hydrogens is 284 g/mol. The SMILES string of the molecule is NC(N)=N/N=C/c1ccc(OC(F)F)cc1OC(F)F. The lowest BCUT2D eigenvalue weighted by atomic mass is 10.2.